The van der Waals surface area contributed by atoms with Gasteiger partial charge in [-0.1, -0.05) is 32.6 Å². The number of imide groups is 1. The number of carbonyl (C=O) groups is 2. The van der Waals surface area contributed by atoms with Crippen LogP contribution in [-0.4, -0.2) is 35.2 Å². The first-order valence-electron chi connectivity index (χ1n) is 7.10. The van der Waals surface area contributed by atoms with Gasteiger partial charge in [0.25, 0.3) is 0 Å². The molecule has 0 saturated heterocycles. The number of carbonyl (C=O) groups excluding carboxylic acids is 2. The molecule has 2 amide bonds. The summed E-state index contributed by atoms with van der Waals surface area (Å²) in [6.45, 7) is 6.32. The van der Waals surface area contributed by atoms with Crippen molar-refractivity contribution < 1.29 is 27.5 Å². The summed E-state index contributed by atoms with van der Waals surface area (Å²) in [6.07, 6.45) is -2.50. The minimum absolute atomic E-state index is 0.150. The average molecular weight is 311 g/mol. The third-order valence-electron chi connectivity index (χ3n) is 2.59. The van der Waals surface area contributed by atoms with Crippen LogP contribution >= 0.6 is 0 Å². The van der Waals surface area contributed by atoms with E-state index in [9.17, 15) is 22.8 Å². The van der Waals surface area contributed by atoms with Crippen molar-refractivity contribution in [2.45, 2.75) is 71.6 Å². The van der Waals surface area contributed by atoms with E-state index in [1.54, 1.807) is 0 Å². The number of nitrogens with zero attached hydrogens (tertiary/aromatic N) is 1. The smallest absolute Gasteiger partial charge is 0.443 e. The van der Waals surface area contributed by atoms with Gasteiger partial charge in [-0.25, -0.2) is 9.69 Å². The van der Waals surface area contributed by atoms with Crippen molar-refractivity contribution in [1.29, 1.82) is 0 Å². The Bertz CT molecular complexity index is 348. The lowest BCUT2D eigenvalue weighted by Crippen LogP contribution is -2.47. The number of hydrogen-bond donors (Lipinski definition) is 0. The number of rotatable bonds is 6. The Hall–Kier alpha value is -1.27. The van der Waals surface area contributed by atoms with Gasteiger partial charge < -0.3 is 4.74 Å². The molecule has 0 aromatic carbocycles. The fourth-order valence-electron chi connectivity index (χ4n) is 1.62. The Balaban J connectivity index is 4.70. The van der Waals surface area contributed by atoms with Crippen LogP contribution in [0.15, 0.2) is 0 Å². The summed E-state index contributed by atoms with van der Waals surface area (Å²) in [5.41, 5.74) is -0.955. The van der Waals surface area contributed by atoms with Crippen molar-refractivity contribution in [1.82, 2.24) is 4.90 Å². The highest BCUT2D eigenvalue weighted by atomic mass is 19.4. The van der Waals surface area contributed by atoms with Crippen LogP contribution < -0.4 is 0 Å². The number of amides is 2. The van der Waals surface area contributed by atoms with Gasteiger partial charge in [-0.2, -0.15) is 13.2 Å². The monoisotopic (exact) mass is 311 g/mol. The summed E-state index contributed by atoms with van der Waals surface area (Å²) in [5, 5.41) is 0. The molecule has 124 valence electrons. The molecule has 0 unspecified atom stereocenters. The third-order valence-corrected chi connectivity index (χ3v) is 2.59. The van der Waals surface area contributed by atoms with E-state index < -0.39 is 23.8 Å². The number of halogens is 3. The van der Waals surface area contributed by atoms with Gasteiger partial charge in [-0.05, 0) is 27.2 Å². The second kappa shape index (κ2) is 8.24. The molecule has 0 aliphatic rings. The maximum Gasteiger partial charge on any atom is 0.471 e. The van der Waals surface area contributed by atoms with Crippen LogP contribution in [0.4, 0.5) is 18.0 Å². The lowest BCUT2D eigenvalue weighted by Gasteiger charge is -2.26. The molecule has 0 fully saturated rings. The Morgan fingerprint density at radius 1 is 1.00 bits per heavy atom. The predicted octanol–water partition coefficient (Wildman–Crippen LogP) is 4.28. The summed E-state index contributed by atoms with van der Waals surface area (Å²) in [6, 6.07) is 0. The van der Waals surface area contributed by atoms with Gasteiger partial charge in [0.2, 0.25) is 0 Å². The van der Waals surface area contributed by atoms with Gasteiger partial charge in [0.15, 0.2) is 0 Å². The standard InChI is InChI=1S/C14H24F3NO3/c1-5-6-7-8-9-10-18(11(19)14(15,16)17)12(20)21-13(2,3)4/h5-10H2,1-4H3. The number of ether oxygens (including phenoxy) is 1. The summed E-state index contributed by atoms with van der Waals surface area (Å²) < 4.78 is 42.4. The molecular formula is C14H24F3NO3. The third kappa shape index (κ3) is 8.57. The van der Waals surface area contributed by atoms with E-state index in [0.717, 1.165) is 19.3 Å². The zero-order valence-corrected chi connectivity index (χ0v) is 13.0. The maximum absolute atomic E-state index is 12.5. The van der Waals surface area contributed by atoms with E-state index in [1.807, 2.05) is 6.92 Å². The van der Waals surface area contributed by atoms with E-state index in [-0.39, 0.29) is 11.4 Å². The van der Waals surface area contributed by atoms with Crippen molar-refractivity contribution in [2.75, 3.05) is 6.54 Å². The van der Waals surface area contributed by atoms with Gasteiger partial charge in [-0.3, -0.25) is 4.79 Å². The van der Waals surface area contributed by atoms with Crippen molar-refractivity contribution in [3.05, 3.63) is 0 Å². The van der Waals surface area contributed by atoms with Crippen molar-refractivity contribution >= 4 is 12.0 Å². The van der Waals surface area contributed by atoms with Crippen LogP contribution in [0, 0.1) is 0 Å². The van der Waals surface area contributed by atoms with Gasteiger partial charge in [0.1, 0.15) is 5.60 Å². The fraction of sp³-hybridized carbons (Fsp3) is 0.857. The topological polar surface area (TPSA) is 46.6 Å². The van der Waals surface area contributed by atoms with Crippen LogP contribution in [0.5, 0.6) is 0 Å². The van der Waals surface area contributed by atoms with Gasteiger partial charge in [-0.15, -0.1) is 0 Å². The first-order chi connectivity index (χ1) is 9.49. The minimum atomic E-state index is -5.08. The molecule has 0 spiro atoms. The maximum atomic E-state index is 12.5. The molecule has 0 aromatic heterocycles. The van der Waals surface area contributed by atoms with Crippen LogP contribution in [-0.2, 0) is 9.53 Å². The highest BCUT2D eigenvalue weighted by Gasteiger charge is 2.45. The number of hydrogen-bond acceptors (Lipinski definition) is 3. The molecule has 0 aliphatic heterocycles. The molecule has 0 heterocycles. The SMILES string of the molecule is CCCCCCCN(C(=O)OC(C)(C)C)C(=O)C(F)(F)F. The molecule has 0 N–H and O–H groups in total. The molecule has 0 radical (unpaired) electrons. The van der Waals surface area contributed by atoms with Crippen molar-refractivity contribution in [2.24, 2.45) is 0 Å². The Labute approximate surface area is 123 Å². The quantitative estimate of drug-likeness (QED) is 0.688. The van der Waals surface area contributed by atoms with E-state index >= 15 is 0 Å². The molecule has 0 bridgehead atoms. The van der Waals surface area contributed by atoms with Crippen LogP contribution in [0.3, 0.4) is 0 Å². The average Bonchev–Trinajstić information content (AvgIpc) is 2.29. The van der Waals surface area contributed by atoms with E-state index in [1.165, 1.54) is 20.8 Å². The Morgan fingerprint density at radius 2 is 1.52 bits per heavy atom. The van der Waals surface area contributed by atoms with E-state index in [0.29, 0.717) is 12.8 Å². The van der Waals surface area contributed by atoms with E-state index in [2.05, 4.69) is 0 Å². The molecule has 0 aromatic rings. The summed E-state index contributed by atoms with van der Waals surface area (Å²) in [7, 11) is 0. The number of unbranched alkanes of at least 4 members (excludes halogenated alkanes) is 4. The zero-order chi connectivity index (χ0) is 16.7. The second-order valence-corrected chi connectivity index (χ2v) is 5.85. The Morgan fingerprint density at radius 3 is 1.95 bits per heavy atom. The highest BCUT2D eigenvalue weighted by Crippen LogP contribution is 2.21. The number of alkyl halides is 3. The van der Waals surface area contributed by atoms with Crippen molar-refractivity contribution in [3.63, 3.8) is 0 Å². The van der Waals surface area contributed by atoms with Crippen LogP contribution in [0.25, 0.3) is 0 Å². The van der Waals surface area contributed by atoms with Gasteiger partial charge in [0, 0.05) is 6.54 Å². The second-order valence-electron chi connectivity index (χ2n) is 5.85. The summed E-state index contributed by atoms with van der Waals surface area (Å²) in [5.74, 6) is -2.17. The van der Waals surface area contributed by atoms with Crippen molar-refractivity contribution in [3.8, 4) is 0 Å². The highest BCUT2D eigenvalue weighted by molar-refractivity contribution is 5.95. The minimum Gasteiger partial charge on any atom is -0.443 e. The molecule has 21 heavy (non-hydrogen) atoms. The molecule has 0 atom stereocenters. The van der Waals surface area contributed by atoms with Gasteiger partial charge in [0.05, 0.1) is 0 Å². The molecule has 0 saturated carbocycles. The molecule has 0 rings (SSSR count). The largest absolute Gasteiger partial charge is 0.471 e. The summed E-state index contributed by atoms with van der Waals surface area (Å²) in [4.78, 5) is 23.2. The fourth-order valence-corrected chi connectivity index (χ4v) is 1.62. The summed E-state index contributed by atoms with van der Waals surface area (Å²) >= 11 is 0. The van der Waals surface area contributed by atoms with Gasteiger partial charge >= 0.3 is 18.2 Å². The molecule has 7 heteroatoms. The van der Waals surface area contributed by atoms with E-state index in [4.69, 9.17) is 4.74 Å². The lowest BCUT2D eigenvalue weighted by molar-refractivity contribution is -0.184. The normalized spacial score (nSPS) is 12.1. The first kappa shape index (κ1) is 19.7. The predicted molar refractivity (Wildman–Crippen MR) is 72.8 cm³/mol. The molecular weight excluding hydrogens is 287 g/mol. The van der Waals surface area contributed by atoms with Crippen LogP contribution in [0.1, 0.15) is 59.8 Å². The Kier molecular flexibility index (Phi) is 7.74. The molecule has 4 nitrogen and oxygen atoms in total. The lowest BCUT2D eigenvalue weighted by atomic mass is 10.1. The van der Waals surface area contributed by atoms with Crippen LogP contribution in [0.2, 0.25) is 0 Å². The molecule has 0 aliphatic carbocycles. The zero-order valence-electron chi connectivity index (χ0n) is 13.0. The first-order valence-corrected chi connectivity index (χ1v) is 7.10.